The molecule has 0 spiro atoms. The van der Waals surface area contributed by atoms with Crippen LogP contribution in [0, 0.1) is 0 Å². The predicted molar refractivity (Wildman–Crippen MR) is 50.9 cm³/mol. The van der Waals surface area contributed by atoms with E-state index >= 15 is 0 Å². The number of nitrogens with zero attached hydrogens (tertiary/aromatic N) is 3. The third-order valence-corrected chi connectivity index (χ3v) is 1.99. The van der Waals surface area contributed by atoms with E-state index in [1.54, 1.807) is 12.5 Å². The van der Waals surface area contributed by atoms with E-state index in [-0.39, 0.29) is 0 Å². The molecule has 5 heteroatoms. The van der Waals surface area contributed by atoms with E-state index in [2.05, 4.69) is 9.97 Å². The zero-order valence-electron chi connectivity index (χ0n) is 7.97. The Labute approximate surface area is 81.6 Å². The van der Waals surface area contributed by atoms with Crippen LogP contribution >= 0.6 is 0 Å². The van der Waals surface area contributed by atoms with E-state index in [9.17, 15) is 0 Å². The highest BCUT2D eigenvalue weighted by atomic mass is 16.4. The van der Waals surface area contributed by atoms with Crippen LogP contribution in [0.3, 0.4) is 0 Å². The highest BCUT2D eigenvalue weighted by Crippen LogP contribution is 2.10. The van der Waals surface area contributed by atoms with Crippen molar-refractivity contribution in [2.45, 2.75) is 19.9 Å². The van der Waals surface area contributed by atoms with E-state index in [1.165, 1.54) is 0 Å². The Kier molecular flexibility index (Phi) is 2.32. The molecule has 2 aromatic heterocycles. The quantitative estimate of drug-likeness (QED) is 0.783. The van der Waals surface area contributed by atoms with Crippen molar-refractivity contribution in [3.63, 3.8) is 0 Å². The lowest BCUT2D eigenvalue weighted by Crippen LogP contribution is -2.01. The van der Waals surface area contributed by atoms with Crippen molar-refractivity contribution >= 4 is 0 Å². The first-order valence-electron chi connectivity index (χ1n) is 4.52. The Morgan fingerprint density at radius 1 is 1.57 bits per heavy atom. The minimum Gasteiger partial charge on any atom is -0.431 e. The van der Waals surface area contributed by atoms with Crippen molar-refractivity contribution in [2.75, 3.05) is 0 Å². The lowest BCUT2D eigenvalue weighted by molar-refractivity contribution is 0.520. The fraction of sp³-hybridized carbons (Fsp3) is 0.333. The fourth-order valence-electron chi connectivity index (χ4n) is 1.27. The molecule has 5 nitrogen and oxygen atoms in total. The Morgan fingerprint density at radius 2 is 2.43 bits per heavy atom. The number of hydrogen-bond acceptors (Lipinski definition) is 4. The molecular weight excluding hydrogens is 180 g/mol. The SMILES string of the molecule is CCc1nccn1-c1nc(CN)co1. The molecule has 0 amide bonds. The number of imidazole rings is 1. The average molecular weight is 192 g/mol. The number of oxazole rings is 1. The van der Waals surface area contributed by atoms with E-state index in [0.717, 1.165) is 17.9 Å². The second-order valence-corrected chi connectivity index (χ2v) is 2.89. The zero-order chi connectivity index (χ0) is 9.97. The first-order chi connectivity index (χ1) is 6.85. The van der Waals surface area contributed by atoms with Gasteiger partial charge in [-0.2, -0.15) is 4.98 Å². The summed E-state index contributed by atoms with van der Waals surface area (Å²) in [6.07, 6.45) is 5.96. The molecule has 0 aliphatic rings. The summed E-state index contributed by atoms with van der Waals surface area (Å²) in [5.41, 5.74) is 6.19. The molecule has 2 aromatic rings. The molecule has 0 saturated heterocycles. The molecule has 2 rings (SSSR count). The van der Waals surface area contributed by atoms with Crippen LogP contribution in [0.4, 0.5) is 0 Å². The van der Waals surface area contributed by atoms with Crippen LogP contribution in [0.5, 0.6) is 0 Å². The van der Waals surface area contributed by atoms with Crippen LogP contribution in [-0.2, 0) is 13.0 Å². The van der Waals surface area contributed by atoms with Gasteiger partial charge in [0.15, 0.2) is 0 Å². The van der Waals surface area contributed by atoms with E-state index in [4.69, 9.17) is 10.2 Å². The third-order valence-electron chi connectivity index (χ3n) is 1.99. The number of hydrogen-bond donors (Lipinski definition) is 1. The van der Waals surface area contributed by atoms with E-state index in [0.29, 0.717) is 12.6 Å². The maximum atomic E-state index is 5.44. The van der Waals surface area contributed by atoms with Crippen molar-refractivity contribution in [3.05, 3.63) is 30.2 Å². The number of aromatic nitrogens is 3. The summed E-state index contributed by atoms with van der Waals surface area (Å²) in [4.78, 5) is 8.39. The van der Waals surface area contributed by atoms with Crippen LogP contribution in [0.1, 0.15) is 18.4 Å². The van der Waals surface area contributed by atoms with Gasteiger partial charge in [0.1, 0.15) is 12.1 Å². The van der Waals surface area contributed by atoms with Gasteiger partial charge in [-0.3, -0.25) is 4.57 Å². The zero-order valence-corrected chi connectivity index (χ0v) is 7.97. The summed E-state index contributed by atoms with van der Waals surface area (Å²) < 4.78 is 7.09. The summed E-state index contributed by atoms with van der Waals surface area (Å²) in [5, 5.41) is 0. The van der Waals surface area contributed by atoms with Crippen molar-refractivity contribution in [3.8, 4) is 6.01 Å². The van der Waals surface area contributed by atoms with Gasteiger partial charge in [-0.05, 0) is 0 Å². The van der Waals surface area contributed by atoms with Crippen LogP contribution in [0.15, 0.2) is 23.1 Å². The van der Waals surface area contributed by atoms with Gasteiger partial charge in [0.25, 0.3) is 0 Å². The molecule has 14 heavy (non-hydrogen) atoms. The number of aryl methyl sites for hydroxylation is 1. The fourth-order valence-corrected chi connectivity index (χ4v) is 1.27. The highest BCUT2D eigenvalue weighted by Gasteiger charge is 2.08. The molecule has 0 aromatic carbocycles. The van der Waals surface area contributed by atoms with Crippen molar-refractivity contribution in [2.24, 2.45) is 5.73 Å². The summed E-state index contributed by atoms with van der Waals surface area (Å²) >= 11 is 0. The van der Waals surface area contributed by atoms with Crippen LogP contribution in [0.25, 0.3) is 6.01 Å². The second-order valence-electron chi connectivity index (χ2n) is 2.89. The normalized spacial score (nSPS) is 10.7. The van der Waals surface area contributed by atoms with Crippen LogP contribution in [0.2, 0.25) is 0 Å². The Balaban J connectivity index is 2.38. The molecular formula is C9H12N4O. The molecule has 0 fully saturated rings. The van der Waals surface area contributed by atoms with Crippen molar-refractivity contribution in [1.29, 1.82) is 0 Å². The Morgan fingerprint density at radius 3 is 3.07 bits per heavy atom. The minimum absolute atomic E-state index is 0.389. The third kappa shape index (κ3) is 1.42. The standard InChI is InChI=1S/C9H12N4O/c1-2-8-11-3-4-13(8)9-12-7(5-10)6-14-9/h3-4,6H,2,5,10H2,1H3. The van der Waals surface area contributed by atoms with Gasteiger partial charge < -0.3 is 10.2 Å². The van der Waals surface area contributed by atoms with Gasteiger partial charge in [0, 0.05) is 25.4 Å². The van der Waals surface area contributed by atoms with Crippen LogP contribution in [-0.4, -0.2) is 14.5 Å². The monoisotopic (exact) mass is 192 g/mol. The minimum atomic E-state index is 0.389. The molecule has 0 aliphatic heterocycles. The molecule has 0 unspecified atom stereocenters. The summed E-state index contributed by atoms with van der Waals surface area (Å²) in [5.74, 6) is 0.926. The molecule has 2 N–H and O–H groups in total. The average Bonchev–Trinajstić information content (AvgIpc) is 2.85. The second kappa shape index (κ2) is 3.63. The molecule has 74 valence electrons. The lowest BCUT2D eigenvalue weighted by atomic mass is 10.4. The van der Waals surface area contributed by atoms with Gasteiger partial charge in [0.2, 0.25) is 0 Å². The molecule has 0 atom stereocenters. The van der Waals surface area contributed by atoms with Gasteiger partial charge >= 0.3 is 6.01 Å². The van der Waals surface area contributed by atoms with Crippen molar-refractivity contribution in [1.82, 2.24) is 14.5 Å². The van der Waals surface area contributed by atoms with Crippen LogP contribution < -0.4 is 5.73 Å². The highest BCUT2D eigenvalue weighted by molar-refractivity contribution is 5.14. The largest absolute Gasteiger partial charge is 0.431 e. The van der Waals surface area contributed by atoms with Gasteiger partial charge in [-0.15, -0.1) is 0 Å². The maximum absolute atomic E-state index is 5.44. The molecule has 2 heterocycles. The van der Waals surface area contributed by atoms with Gasteiger partial charge in [-0.25, -0.2) is 4.98 Å². The van der Waals surface area contributed by atoms with Gasteiger partial charge in [0.05, 0.1) is 5.69 Å². The summed E-state index contributed by atoms with van der Waals surface area (Å²) in [6.45, 7) is 2.42. The Bertz CT molecular complexity index is 418. The predicted octanol–water partition coefficient (Wildman–Crippen LogP) is 0.881. The van der Waals surface area contributed by atoms with E-state index in [1.807, 2.05) is 17.7 Å². The first-order valence-corrected chi connectivity index (χ1v) is 4.52. The molecule has 0 aliphatic carbocycles. The Hall–Kier alpha value is -1.62. The summed E-state index contributed by atoms with van der Waals surface area (Å²) in [7, 11) is 0. The topological polar surface area (TPSA) is 69.9 Å². The lowest BCUT2D eigenvalue weighted by Gasteiger charge is -1.98. The maximum Gasteiger partial charge on any atom is 0.307 e. The summed E-state index contributed by atoms with van der Waals surface area (Å²) in [6, 6.07) is 0.528. The van der Waals surface area contributed by atoms with Crippen molar-refractivity contribution < 1.29 is 4.42 Å². The number of rotatable bonds is 3. The molecule has 0 bridgehead atoms. The smallest absolute Gasteiger partial charge is 0.307 e. The van der Waals surface area contributed by atoms with E-state index < -0.39 is 0 Å². The molecule has 0 radical (unpaired) electrons. The molecule has 0 saturated carbocycles. The number of nitrogens with two attached hydrogens (primary N) is 1. The first kappa shape index (κ1) is 8.96. The van der Waals surface area contributed by atoms with Gasteiger partial charge in [-0.1, -0.05) is 6.92 Å².